The van der Waals surface area contributed by atoms with Crippen LogP contribution < -0.4 is 15.0 Å². The predicted octanol–water partition coefficient (Wildman–Crippen LogP) is 4.50. The third kappa shape index (κ3) is 3.28. The molecule has 3 saturated heterocycles. The van der Waals surface area contributed by atoms with Crippen LogP contribution in [0.3, 0.4) is 0 Å². The van der Waals surface area contributed by atoms with Gasteiger partial charge in [0.2, 0.25) is 5.88 Å². The van der Waals surface area contributed by atoms with Crippen LogP contribution in [0.5, 0.6) is 11.6 Å². The zero-order valence-electron chi connectivity index (χ0n) is 20.3. The van der Waals surface area contributed by atoms with Gasteiger partial charge in [0, 0.05) is 36.1 Å². The number of aromatic nitrogens is 3. The van der Waals surface area contributed by atoms with E-state index < -0.39 is 11.6 Å². The maximum atomic E-state index is 16.6. The Labute approximate surface area is 212 Å². The molecule has 2 bridgehead atoms. The Morgan fingerprint density at radius 3 is 2.59 bits per heavy atom. The molecule has 4 aliphatic rings. The number of phenolic OH excluding ortho intramolecular Hbond substituents is 1. The molecule has 0 spiro atoms. The minimum absolute atomic E-state index is 0.0130. The first-order valence-electron chi connectivity index (χ1n) is 12.6. The number of aromatic hydroxyl groups is 1. The van der Waals surface area contributed by atoms with Crippen molar-refractivity contribution in [3.63, 3.8) is 0 Å². The molecular formula is C28H25F2N5O2. The molecule has 2 N–H and O–H groups in total. The minimum atomic E-state index is -0.602. The highest BCUT2D eigenvalue weighted by molar-refractivity contribution is 6.04. The first-order chi connectivity index (χ1) is 18.0. The van der Waals surface area contributed by atoms with Crippen molar-refractivity contribution in [3.8, 4) is 35.2 Å². The lowest BCUT2D eigenvalue weighted by Crippen LogP contribution is -2.61. The lowest BCUT2D eigenvalue weighted by atomic mass is 9.93. The highest BCUT2D eigenvalue weighted by Crippen LogP contribution is 2.47. The first-order valence-corrected chi connectivity index (χ1v) is 12.6. The number of halogens is 2. The van der Waals surface area contributed by atoms with E-state index in [0.717, 1.165) is 38.8 Å². The van der Waals surface area contributed by atoms with Crippen molar-refractivity contribution in [2.24, 2.45) is 0 Å². The highest BCUT2D eigenvalue weighted by Gasteiger charge is 2.39. The van der Waals surface area contributed by atoms with Gasteiger partial charge in [-0.15, -0.1) is 6.42 Å². The number of nitrogens with one attached hydrogen (secondary N) is 1. The number of hydrogen-bond donors (Lipinski definition) is 2. The third-order valence-corrected chi connectivity index (χ3v) is 7.89. The number of fused-ring (bicyclic) bond motifs is 5. The second kappa shape index (κ2) is 8.05. The molecule has 1 aliphatic carbocycles. The van der Waals surface area contributed by atoms with Crippen molar-refractivity contribution in [1.29, 1.82) is 0 Å². The van der Waals surface area contributed by atoms with Gasteiger partial charge in [0.05, 0.1) is 18.7 Å². The number of piperazine rings is 1. The molecule has 1 unspecified atom stereocenters. The molecule has 3 aliphatic heterocycles. The standard InChI is InChI=1S/C28H25F2N5O2/c1-3-19-21(29)9-4-14-10-18(36)11-20(22(14)19)25-24(30)26-23(28(32-25)37-2)27(33-35(26)16-7-8-16)34-13-15-5-6-17(34)12-31-15/h1,4,9-11,15-17,31,36H,5-8,12-13H2,2H3/t15-,17?/m0/s1. The molecular weight excluding hydrogens is 476 g/mol. The van der Waals surface area contributed by atoms with Crippen molar-refractivity contribution < 1.29 is 18.6 Å². The Morgan fingerprint density at radius 2 is 1.95 bits per heavy atom. The monoisotopic (exact) mass is 501 g/mol. The summed E-state index contributed by atoms with van der Waals surface area (Å²) < 4.78 is 38.9. The van der Waals surface area contributed by atoms with Crippen LogP contribution in [-0.2, 0) is 0 Å². The molecule has 2 atom stereocenters. The molecule has 2 aromatic heterocycles. The van der Waals surface area contributed by atoms with Crippen LogP contribution in [-0.4, -0.2) is 52.2 Å². The fraction of sp³-hybridized carbons (Fsp3) is 0.357. The maximum Gasteiger partial charge on any atom is 0.227 e. The molecule has 0 amide bonds. The number of rotatable bonds is 4. The van der Waals surface area contributed by atoms with Crippen molar-refractivity contribution in [2.45, 2.75) is 43.8 Å². The number of piperidine rings is 2. The average molecular weight is 502 g/mol. The summed E-state index contributed by atoms with van der Waals surface area (Å²) in [5.41, 5.74) is 0.430. The average Bonchev–Trinajstić information content (AvgIpc) is 3.69. The van der Waals surface area contributed by atoms with Gasteiger partial charge in [-0.2, -0.15) is 5.10 Å². The molecule has 5 heterocycles. The lowest BCUT2D eigenvalue weighted by molar-refractivity contribution is 0.288. The summed E-state index contributed by atoms with van der Waals surface area (Å²) in [6.45, 7) is 1.64. The van der Waals surface area contributed by atoms with E-state index in [2.05, 4.69) is 21.1 Å². The number of anilines is 1. The zero-order chi connectivity index (χ0) is 25.4. The van der Waals surface area contributed by atoms with E-state index in [-0.39, 0.29) is 40.5 Å². The van der Waals surface area contributed by atoms with Crippen LogP contribution >= 0.6 is 0 Å². The Hall–Kier alpha value is -3.90. The summed E-state index contributed by atoms with van der Waals surface area (Å²) in [6.07, 6.45) is 9.62. The molecule has 0 radical (unpaired) electrons. The molecule has 4 aromatic rings. The van der Waals surface area contributed by atoms with Gasteiger partial charge in [-0.05, 0) is 49.3 Å². The first kappa shape index (κ1) is 22.3. The van der Waals surface area contributed by atoms with Gasteiger partial charge in [0.15, 0.2) is 11.6 Å². The number of nitrogens with zero attached hydrogens (tertiary/aromatic N) is 4. The molecule has 1 saturated carbocycles. The van der Waals surface area contributed by atoms with E-state index in [1.54, 1.807) is 4.68 Å². The van der Waals surface area contributed by atoms with Crippen LogP contribution in [0, 0.1) is 24.0 Å². The van der Waals surface area contributed by atoms with Gasteiger partial charge >= 0.3 is 0 Å². The quantitative estimate of drug-likeness (QED) is 0.401. The maximum absolute atomic E-state index is 16.6. The summed E-state index contributed by atoms with van der Waals surface area (Å²) in [7, 11) is 1.50. The van der Waals surface area contributed by atoms with Crippen LogP contribution in [0.2, 0.25) is 0 Å². The molecule has 9 heteroatoms. The molecule has 188 valence electrons. The Balaban J connectivity index is 1.54. The fourth-order valence-electron chi connectivity index (χ4n) is 5.98. The number of benzene rings is 2. The lowest BCUT2D eigenvalue weighted by Gasteiger charge is -2.46. The molecule has 37 heavy (non-hydrogen) atoms. The third-order valence-electron chi connectivity index (χ3n) is 7.89. The van der Waals surface area contributed by atoms with E-state index >= 15 is 4.39 Å². The fourth-order valence-corrected chi connectivity index (χ4v) is 5.98. The summed E-state index contributed by atoms with van der Waals surface area (Å²) in [5.74, 6) is 2.00. The number of hydrogen-bond acceptors (Lipinski definition) is 6. The van der Waals surface area contributed by atoms with Crippen LogP contribution in [0.25, 0.3) is 32.9 Å². The van der Waals surface area contributed by atoms with Crippen LogP contribution in [0.4, 0.5) is 14.6 Å². The van der Waals surface area contributed by atoms with Crippen molar-refractivity contribution in [2.75, 3.05) is 25.1 Å². The van der Waals surface area contributed by atoms with Crippen molar-refractivity contribution in [1.82, 2.24) is 20.1 Å². The second-order valence-corrected chi connectivity index (χ2v) is 10.2. The van der Waals surface area contributed by atoms with Gasteiger partial charge < -0.3 is 20.1 Å². The summed E-state index contributed by atoms with van der Waals surface area (Å²) in [6, 6.07) is 6.31. The summed E-state index contributed by atoms with van der Waals surface area (Å²) in [5, 5.41) is 20.3. The summed E-state index contributed by atoms with van der Waals surface area (Å²) >= 11 is 0. The highest BCUT2D eigenvalue weighted by atomic mass is 19.1. The molecule has 7 nitrogen and oxygen atoms in total. The Morgan fingerprint density at radius 1 is 1.14 bits per heavy atom. The zero-order valence-corrected chi connectivity index (χ0v) is 20.3. The van der Waals surface area contributed by atoms with Crippen molar-refractivity contribution in [3.05, 3.63) is 41.5 Å². The molecule has 2 aromatic carbocycles. The SMILES string of the molecule is C#Cc1c(F)ccc2cc(O)cc(-c3nc(OC)c4c(N5C[C@@H]6CCC5CN6)nn(C5CC5)c4c3F)c12. The van der Waals surface area contributed by atoms with Crippen LogP contribution in [0.15, 0.2) is 24.3 Å². The number of ether oxygens (including phenoxy) is 1. The van der Waals surface area contributed by atoms with Gasteiger partial charge in [0.1, 0.15) is 28.2 Å². The smallest absolute Gasteiger partial charge is 0.227 e. The largest absolute Gasteiger partial charge is 0.508 e. The molecule has 8 rings (SSSR count). The van der Waals surface area contributed by atoms with E-state index in [1.165, 1.54) is 31.4 Å². The van der Waals surface area contributed by atoms with Crippen molar-refractivity contribution >= 4 is 27.5 Å². The Bertz CT molecular complexity index is 1630. The second-order valence-electron chi connectivity index (χ2n) is 10.2. The van der Waals surface area contributed by atoms with E-state index in [9.17, 15) is 9.50 Å². The number of terminal acetylenes is 1. The van der Waals surface area contributed by atoms with E-state index in [1.807, 2.05) is 0 Å². The normalized spacial score (nSPS) is 21.1. The predicted molar refractivity (Wildman–Crippen MR) is 137 cm³/mol. The minimum Gasteiger partial charge on any atom is -0.508 e. The van der Waals surface area contributed by atoms with Gasteiger partial charge in [0.25, 0.3) is 0 Å². The number of phenols is 1. The summed E-state index contributed by atoms with van der Waals surface area (Å²) in [4.78, 5) is 6.86. The van der Waals surface area contributed by atoms with E-state index in [0.29, 0.717) is 33.5 Å². The van der Waals surface area contributed by atoms with Crippen LogP contribution in [0.1, 0.15) is 37.3 Å². The van der Waals surface area contributed by atoms with Gasteiger partial charge in [-0.25, -0.2) is 13.8 Å². The van der Waals surface area contributed by atoms with Gasteiger partial charge in [-0.3, -0.25) is 4.68 Å². The van der Waals surface area contributed by atoms with E-state index in [4.69, 9.17) is 16.3 Å². The Kier molecular flexibility index (Phi) is 4.85. The molecule has 4 fully saturated rings. The topological polar surface area (TPSA) is 75.4 Å². The number of pyridine rings is 1. The van der Waals surface area contributed by atoms with Gasteiger partial charge in [-0.1, -0.05) is 12.0 Å². The number of methoxy groups -OCH3 is 1.